The fraction of sp³-hybridized carbons (Fsp3) is 0.467. The maximum atomic E-state index is 12.2. The smallest absolute Gasteiger partial charge is 0.255 e. The molecule has 1 unspecified atom stereocenters. The largest absolute Gasteiger partial charge is 0.507 e. The highest BCUT2D eigenvalue weighted by Crippen LogP contribution is 2.22. The summed E-state index contributed by atoms with van der Waals surface area (Å²) in [6.45, 7) is 3.13. The maximum absolute atomic E-state index is 12.2. The predicted octanol–water partition coefficient (Wildman–Crippen LogP) is 1.14. The second-order valence-corrected chi connectivity index (χ2v) is 5.11. The van der Waals surface area contributed by atoms with Crippen molar-refractivity contribution in [2.24, 2.45) is 0 Å². The lowest BCUT2D eigenvalue weighted by Crippen LogP contribution is -2.45. The first kappa shape index (κ1) is 15.2. The quantitative estimate of drug-likeness (QED) is 0.872. The van der Waals surface area contributed by atoms with Crippen LogP contribution in [0.2, 0.25) is 0 Å². The molecular weight excluding hydrogens is 272 g/mol. The number of nitrogens with one attached hydrogen (secondary N) is 1. The number of aromatic hydroxyl groups is 1. The normalized spacial score (nSPS) is 15.6. The molecule has 0 aliphatic carbocycles. The summed E-state index contributed by atoms with van der Waals surface area (Å²) < 4.78 is 5.03. The van der Waals surface area contributed by atoms with E-state index in [1.165, 1.54) is 19.2 Å². The SMILES string of the molecule is COc1ccc(O)c(C(=O)NC(C)C(=O)N2CCCC2)c1. The third kappa shape index (κ3) is 3.45. The van der Waals surface area contributed by atoms with E-state index in [4.69, 9.17) is 4.74 Å². The highest BCUT2D eigenvalue weighted by molar-refractivity contribution is 5.99. The molecule has 2 N–H and O–H groups in total. The van der Waals surface area contributed by atoms with Gasteiger partial charge in [-0.05, 0) is 38.0 Å². The van der Waals surface area contributed by atoms with Crippen molar-refractivity contribution in [3.8, 4) is 11.5 Å². The summed E-state index contributed by atoms with van der Waals surface area (Å²) in [5, 5.41) is 12.4. The molecule has 1 aromatic carbocycles. The van der Waals surface area contributed by atoms with Gasteiger partial charge in [-0.2, -0.15) is 0 Å². The Balaban J connectivity index is 2.05. The number of ether oxygens (including phenoxy) is 1. The van der Waals surface area contributed by atoms with Gasteiger partial charge in [0, 0.05) is 13.1 Å². The van der Waals surface area contributed by atoms with Crippen molar-refractivity contribution in [1.29, 1.82) is 0 Å². The van der Waals surface area contributed by atoms with Gasteiger partial charge in [0.1, 0.15) is 17.5 Å². The van der Waals surface area contributed by atoms with Crippen LogP contribution in [-0.2, 0) is 4.79 Å². The molecule has 2 rings (SSSR count). The molecule has 1 atom stereocenters. The van der Waals surface area contributed by atoms with Gasteiger partial charge in [-0.3, -0.25) is 9.59 Å². The van der Waals surface area contributed by atoms with E-state index < -0.39 is 11.9 Å². The summed E-state index contributed by atoms with van der Waals surface area (Å²) in [5.74, 6) is -0.264. The first-order chi connectivity index (χ1) is 10.0. The number of methoxy groups -OCH3 is 1. The summed E-state index contributed by atoms with van der Waals surface area (Å²) in [4.78, 5) is 26.1. The summed E-state index contributed by atoms with van der Waals surface area (Å²) in [6.07, 6.45) is 2.01. The zero-order chi connectivity index (χ0) is 15.4. The van der Waals surface area contributed by atoms with Gasteiger partial charge >= 0.3 is 0 Å². The Bertz CT molecular complexity index is 538. The molecule has 0 radical (unpaired) electrons. The van der Waals surface area contributed by atoms with Crippen LogP contribution in [0.3, 0.4) is 0 Å². The summed E-state index contributed by atoms with van der Waals surface area (Å²) >= 11 is 0. The number of rotatable bonds is 4. The molecule has 1 saturated heterocycles. The van der Waals surface area contributed by atoms with E-state index in [2.05, 4.69) is 5.32 Å². The van der Waals surface area contributed by atoms with E-state index >= 15 is 0 Å². The first-order valence-electron chi connectivity index (χ1n) is 6.99. The zero-order valence-electron chi connectivity index (χ0n) is 12.3. The summed E-state index contributed by atoms with van der Waals surface area (Å²) in [5.41, 5.74) is 0.0930. The predicted molar refractivity (Wildman–Crippen MR) is 77.4 cm³/mol. The third-order valence-electron chi connectivity index (χ3n) is 3.58. The van der Waals surface area contributed by atoms with Crippen LogP contribution in [-0.4, -0.2) is 48.1 Å². The van der Waals surface area contributed by atoms with Crippen LogP contribution in [0.25, 0.3) is 0 Å². The Morgan fingerprint density at radius 2 is 2.00 bits per heavy atom. The van der Waals surface area contributed by atoms with E-state index in [0.717, 1.165) is 25.9 Å². The first-order valence-corrected chi connectivity index (χ1v) is 6.99. The second-order valence-electron chi connectivity index (χ2n) is 5.11. The molecule has 1 heterocycles. The van der Waals surface area contributed by atoms with Gasteiger partial charge in [0.25, 0.3) is 5.91 Å². The number of carbonyl (C=O) groups excluding carboxylic acids is 2. The number of phenolic OH excluding ortho intramolecular Hbond substituents is 1. The fourth-order valence-corrected chi connectivity index (χ4v) is 2.37. The van der Waals surface area contributed by atoms with Crippen molar-refractivity contribution >= 4 is 11.8 Å². The molecule has 1 aromatic rings. The van der Waals surface area contributed by atoms with Gasteiger partial charge < -0.3 is 20.1 Å². The molecule has 1 aliphatic rings. The van der Waals surface area contributed by atoms with E-state index in [0.29, 0.717) is 5.75 Å². The van der Waals surface area contributed by atoms with Gasteiger partial charge in [0.2, 0.25) is 5.91 Å². The van der Waals surface area contributed by atoms with Crippen LogP contribution < -0.4 is 10.1 Å². The molecule has 1 fully saturated rings. The standard InChI is InChI=1S/C15H20N2O4/c1-10(15(20)17-7-3-4-8-17)16-14(19)12-9-11(21-2)5-6-13(12)18/h5-6,9-10,18H,3-4,7-8H2,1-2H3,(H,16,19). The van der Waals surface area contributed by atoms with E-state index in [-0.39, 0.29) is 17.2 Å². The van der Waals surface area contributed by atoms with Crippen LogP contribution in [0.4, 0.5) is 0 Å². The van der Waals surface area contributed by atoms with Crippen LogP contribution in [0.1, 0.15) is 30.1 Å². The molecule has 0 spiro atoms. The van der Waals surface area contributed by atoms with E-state index in [9.17, 15) is 14.7 Å². The zero-order valence-corrected chi connectivity index (χ0v) is 12.3. The van der Waals surface area contributed by atoms with Crippen LogP contribution >= 0.6 is 0 Å². The number of phenols is 1. The Morgan fingerprint density at radius 1 is 1.33 bits per heavy atom. The second kappa shape index (κ2) is 6.47. The molecule has 6 nitrogen and oxygen atoms in total. The molecule has 2 amide bonds. The van der Waals surface area contributed by atoms with Crippen LogP contribution in [0.5, 0.6) is 11.5 Å². The molecule has 6 heteroatoms. The number of amides is 2. The van der Waals surface area contributed by atoms with Crippen LogP contribution in [0.15, 0.2) is 18.2 Å². The highest BCUT2D eigenvalue weighted by atomic mass is 16.5. The monoisotopic (exact) mass is 292 g/mol. The van der Waals surface area contributed by atoms with Gasteiger partial charge in [-0.25, -0.2) is 0 Å². The molecule has 21 heavy (non-hydrogen) atoms. The number of nitrogens with zero attached hydrogens (tertiary/aromatic N) is 1. The minimum Gasteiger partial charge on any atom is -0.507 e. The maximum Gasteiger partial charge on any atom is 0.255 e. The highest BCUT2D eigenvalue weighted by Gasteiger charge is 2.25. The molecule has 0 saturated carbocycles. The van der Waals surface area contributed by atoms with Crippen LogP contribution in [0, 0.1) is 0 Å². The molecule has 0 bridgehead atoms. The topological polar surface area (TPSA) is 78.9 Å². The number of hydrogen-bond acceptors (Lipinski definition) is 4. The molecule has 0 aromatic heterocycles. The molecule has 1 aliphatic heterocycles. The van der Waals surface area contributed by atoms with Crippen molar-refractivity contribution < 1.29 is 19.4 Å². The van der Waals surface area contributed by atoms with Crippen molar-refractivity contribution in [3.63, 3.8) is 0 Å². The number of likely N-dealkylation sites (tertiary alicyclic amines) is 1. The lowest BCUT2D eigenvalue weighted by Gasteiger charge is -2.21. The summed E-state index contributed by atoms with van der Waals surface area (Å²) in [7, 11) is 1.48. The Kier molecular flexibility index (Phi) is 4.67. The lowest BCUT2D eigenvalue weighted by atomic mass is 10.1. The fourth-order valence-electron chi connectivity index (χ4n) is 2.37. The van der Waals surface area contributed by atoms with Crippen molar-refractivity contribution in [3.05, 3.63) is 23.8 Å². The average Bonchev–Trinajstić information content (AvgIpc) is 3.00. The van der Waals surface area contributed by atoms with Gasteiger partial charge in [0.15, 0.2) is 0 Å². The Morgan fingerprint density at radius 3 is 2.62 bits per heavy atom. The van der Waals surface area contributed by atoms with E-state index in [1.54, 1.807) is 17.9 Å². The summed E-state index contributed by atoms with van der Waals surface area (Å²) in [6, 6.07) is 3.77. The van der Waals surface area contributed by atoms with E-state index in [1.807, 2.05) is 0 Å². The lowest BCUT2D eigenvalue weighted by molar-refractivity contribution is -0.131. The third-order valence-corrected chi connectivity index (χ3v) is 3.58. The minimum absolute atomic E-state index is 0.0930. The van der Waals surface area contributed by atoms with Gasteiger partial charge in [-0.1, -0.05) is 0 Å². The number of carbonyl (C=O) groups is 2. The number of benzene rings is 1. The van der Waals surface area contributed by atoms with Crippen molar-refractivity contribution in [2.45, 2.75) is 25.8 Å². The average molecular weight is 292 g/mol. The number of hydrogen-bond donors (Lipinski definition) is 2. The Hall–Kier alpha value is -2.24. The van der Waals surface area contributed by atoms with Gasteiger partial charge in [-0.15, -0.1) is 0 Å². The molecular formula is C15H20N2O4. The van der Waals surface area contributed by atoms with Gasteiger partial charge in [0.05, 0.1) is 12.7 Å². The Labute approximate surface area is 123 Å². The van der Waals surface area contributed by atoms with Crippen molar-refractivity contribution in [2.75, 3.05) is 20.2 Å². The van der Waals surface area contributed by atoms with Crippen molar-refractivity contribution in [1.82, 2.24) is 10.2 Å². The molecule has 114 valence electrons. The minimum atomic E-state index is -0.624.